The molecule has 104 valence electrons. The first kappa shape index (κ1) is 15.6. The van der Waals surface area contributed by atoms with E-state index < -0.39 is 17.7 Å². The summed E-state index contributed by atoms with van der Waals surface area (Å²) < 4.78 is 14.1. The zero-order chi connectivity index (χ0) is 14.4. The zero-order valence-corrected chi connectivity index (χ0v) is 12.0. The van der Waals surface area contributed by atoms with E-state index in [-0.39, 0.29) is 18.0 Å². The van der Waals surface area contributed by atoms with Crippen LogP contribution in [0.15, 0.2) is 22.7 Å². The Balaban J connectivity index is 2.52. The number of amides is 1. The maximum atomic E-state index is 13.5. The van der Waals surface area contributed by atoms with Crippen LogP contribution in [-0.2, 0) is 4.79 Å². The molecule has 0 aliphatic carbocycles. The van der Waals surface area contributed by atoms with Crippen molar-refractivity contribution >= 4 is 27.8 Å². The number of aliphatic carboxylic acids is 1. The van der Waals surface area contributed by atoms with E-state index >= 15 is 0 Å². The van der Waals surface area contributed by atoms with E-state index in [1.54, 1.807) is 13.0 Å². The second kappa shape index (κ2) is 7.23. The second-order valence-corrected chi connectivity index (χ2v) is 5.20. The number of benzene rings is 1. The summed E-state index contributed by atoms with van der Waals surface area (Å²) in [5, 5.41) is 11.2. The fourth-order valence-electron chi connectivity index (χ4n) is 1.61. The number of carboxylic acid groups (broad SMARTS) is 1. The van der Waals surface area contributed by atoms with Crippen molar-refractivity contribution in [1.82, 2.24) is 5.32 Å². The van der Waals surface area contributed by atoms with Gasteiger partial charge in [-0.2, -0.15) is 0 Å². The van der Waals surface area contributed by atoms with Gasteiger partial charge in [0.2, 0.25) is 0 Å². The van der Waals surface area contributed by atoms with Gasteiger partial charge < -0.3 is 10.4 Å². The van der Waals surface area contributed by atoms with Crippen LogP contribution in [-0.4, -0.2) is 23.0 Å². The molecule has 1 aromatic rings. The van der Waals surface area contributed by atoms with Gasteiger partial charge in [0.15, 0.2) is 0 Å². The molecule has 0 radical (unpaired) electrons. The molecule has 0 aliphatic heterocycles. The Kier molecular flexibility index (Phi) is 5.95. The Hall–Kier alpha value is -1.43. The van der Waals surface area contributed by atoms with Crippen molar-refractivity contribution in [2.75, 3.05) is 0 Å². The van der Waals surface area contributed by atoms with Crippen LogP contribution in [0.2, 0.25) is 0 Å². The number of rotatable bonds is 6. The van der Waals surface area contributed by atoms with Crippen molar-refractivity contribution in [1.29, 1.82) is 0 Å². The van der Waals surface area contributed by atoms with Crippen LogP contribution < -0.4 is 5.32 Å². The summed E-state index contributed by atoms with van der Waals surface area (Å²) in [6.45, 7) is 1.76. The predicted octanol–water partition coefficient (Wildman–Crippen LogP) is 2.96. The van der Waals surface area contributed by atoms with Crippen LogP contribution in [0.4, 0.5) is 4.39 Å². The summed E-state index contributed by atoms with van der Waals surface area (Å²) in [7, 11) is 0. The van der Waals surface area contributed by atoms with Gasteiger partial charge in [-0.25, -0.2) is 4.39 Å². The van der Waals surface area contributed by atoms with Gasteiger partial charge >= 0.3 is 5.97 Å². The Morgan fingerprint density at radius 1 is 1.47 bits per heavy atom. The quantitative estimate of drug-likeness (QED) is 0.842. The Bertz CT molecular complexity index is 479. The Labute approximate surface area is 119 Å². The summed E-state index contributed by atoms with van der Waals surface area (Å²) >= 11 is 3.12. The molecular formula is C13H15BrFNO3. The highest BCUT2D eigenvalue weighted by Crippen LogP contribution is 2.15. The maximum absolute atomic E-state index is 13.5. The van der Waals surface area contributed by atoms with Crippen LogP contribution in [0.1, 0.15) is 36.5 Å². The van der Waals surface area contributed by atoms with Crippen LogP contribution in [0.5, 0.6) is 0 Å². The van der Waals surface area contributed by atoms with Crippen molar-refractivity contribution in [2.24, 2.45) is 0 Å². The molecule has 4 nitrogen and oxygen atoms in total. The highest BCUT2D eigenvalue weighted by molar-refractivity contribution is 9.10. The number of carbonyl (C=O) groups excluding carboxylic acids is 1. The van der Waals surface area contributed by atoms with Crippen molar-refractivity contribution in [2.45, 2.75) is 32.2 Å². The summed E-state index contributed by atoms with van der Waals surface area (Å²) in [6.07, 6.45) is 1.07. The maximum Gasteiger partial charge on any atom is 0.303 e. The molecule has 1 atom stereocenters. The van der Waals surface area contributed by atoms with E-state index in [1.165, 1.54) is 12.1 Å². The topological polar surface area (TPSA) is 66.4 Å². The third-order valence-electron chi connectivity index (χ3n) is 2.58. The number of hydrogen-bond acceptors (Lipinski definition) is 2. The predicted molar refractivity (Wildman–Crippen MR) is 72.5 cm³/mol. The van der Waals surface area contributed by atoms with E-state index in [1.807, 2.05) is 0 Å². The van der Waals surface area contributed by atoms with Crippen molar-refractivity contribution in [3.63, 3.8) is 0 Å². The first-order valence-electron chi connectivity index (χ1n) is 5.88. The largest absolute Gasteiger partial charge is 0.481 e. The Morgan fingerprint density at radius 3 is 2.74 bits per heavy atom. The molecule has 0 bridgehead atoms. The first-order chi connectivity index (χ1) is 8.90. The SMILES string of the molecule is CC(CCCC(=O)O)NC(=O)c1ccc(Br)cc1F. The number of halogens is 2. The molecule has 6 heteroatoms. The third kappa shape index (κ3) is 5.38. The standard InChI is InChI=1S/C13H15BrFNO3/c1-8(3-2-4-12(17)18)16-13(19)10-6-5-9(14)7-11(10)15/h5-8H,2-4H2,1H3,(H,16,19)(H,17,18). The lowest BCUT2D eigenvalue weighted by Gasteiger charge is -2.13. The number of nitrogens with one attached hydrogen (secondary N) is 1. The Morgan fingerprint density at radius 2 is 2.16 bits per heavy atom. The van der Waals surface area contributed by atoms with Crippen LogP contribution >= 0.6 is 15.9 Å². The van der Waals surface area contributed by atoms with E-state index in [4.69, 9.17) is 5.11 Å². The molecule has 1 unspecified atom stereocenters. The van der Waals surface area contributed by atoms with Crippen molar-refractivity contribution in [3.05, 3.63) is 34.1 Å². The molecule has 0 spiro atoms. The second-order valence-electron chi connectivity index (χ2n) is 4.28. The fourth-order valence-corrected chi connectivity index (χ4v) is 1.94. The average Bonchev–Trinajstić information content (AvgIpc) is 2.27. The minimum Gasteiger partial charge on any atom is -0.481 e. The molecule has 0 saturated carbocycles. The van der Waals surface area contributed by atoms with Crippen molar-refractivity contribution < 1.29 is 19.1 Å². The minimum atomic E-state index is -0.863. The monoisotopic (exact) mass is 331 g/mol. The van der Waals surface area contributed by atoms with Crippen LogP contribution in [0, 0.1) is 5.82 Å². The molecule has 0 aliphatic rings. The summed E-state index contributed by atoms with van der Waals surface area (Å²) in [4.78, 5) is 22.2. The lowest BCUT2D eigenvalue weighted by Crippen LogP contribution is -2.33. The van der Waals surface area contributed by atoms with E-state index in [9.17, 15) is 14.0 Å². The molecule has 0 heterocycles. The van der Waals surface area contributed by atoms with E-state index in [0.29, 0.717) is 17.3 Å². The molecule has 0 aromatic heterocycles. The zero-order valence-electron chi connectivity index (χ0n) is 10.5. The normalized spacial score (nSPS) is 11.9. The molecule has 2 N–H and O–H groups in total. The number of carbonyl (C=O) groups is 2. The molecule has 1 rings (SSSR count). The van der Waals surface area contributed by atoms with Gasteiger partial charge in [-0.15, -0.1) is 0 Å². The molecule has 19 heavy (non-hydrogen) atoms. The fraction of sp³-hybridized carbons (Fsp3) is 0.385. The van der Waals surface area contributed by atoms with Crippen molar-refractivity contribution in [3.8, 4) is 0 Å². The van der Waals surface area contributed by atoms with Gasteiger partial charge in [-0.3, -0.25) is 9.59 Å². The lowest BCUT2D eigenvalue weighted by molar-refractivity contribution is -0.137. The van der Waals surface area contributed by atoms with Crippen LogP contribution in [0.3, 0.4) is 0 Å². The van der Waals surface area contributed by atoms with E-state index in [2.05, 4.69) is 21.2 Å². The van der Waals surface area contributed by atoms with Gasteiger partial charge in [-0.1, -0.05) is 15.9 Å². The van der Waals surface area contributed by atoms with E-state index in [0.717, 1.165) is 0 Å². The van der Waals surface area contributed by atoms with Gasteiger partial charge in [0.1, 0.15) is 5.82 Å². The highest BCUT2D eigenvalue weighted by atomic mass is 79.9. The highest BCUT2D eigenvalue weighted by Gasteiger charge is 2.14. The molecular weight excluding hydrogens is 317 g/mol. The lowest BCUT2D eigenvalue weighted by atomic mass is 10.1. The number of carboxylic acids is 1. The molecule has 0 fully saturated rings. The van der Waals surface area contributed by atoms with Gasteiger partial charge in [0.25, 0.3) is 5.91 Å². The third-order valence-corrected chi connectivity index (χ3v) is 3.07. The summed E-state index contributed by atoms with van der Waals surface area (Å²) in [5.74, 6) is -1.95. The van der Waals surface area contributed by atoms with Crippen LogP contribution in [0.25, 0.3) is 0 Å². The minimum absolute atomic E-state index is 0.0201. The molecule has 0 saturated heterocycles. The molecule has 1 amide bonds. The van der Waals surface area contributed by atoms with Gasteiger partial charge in [0, 0.05) is 16.9 Å². The summed E-state index contributed by atoms with van der Waals surface area (Å²) in [6, 6.07) is 4.02. The van der Waals surface area contributed by atoms with Gasteiger partial charge in [-0.05, 0) is 38.0 Å². The summed E-state index contributed by atoms with van der Waals surface area (Å²) in [5.41, 5.74) is -0.0201. The number of hydrogen-bond donors (Lipinski definition) is 2. The molecule has 1 aromatic carbocycles. The smallest absolute Gasteiger partial charge is 0.303 e. The van der Waals surface area contributed by atoms with Gasteiger partial charge in [0.05, 0.1) is 5.56 Å². The average molecular weight is 332 g/mol. The first-order valence-corrected chi connectivity index (χ1v) is 6.67.